The summed E-state index contributed by atoms with van der Waals surface area (Å²) in [5.74, 6) is -0.741. The number of amides is 3. The first-order valence-electron chi connectivity index (χ1n) is 9.67. The van der Waals surface area contributed by atoms with Gasteiger partial charge in [0.1, 0.15) is 0 Å². The summed E-state index contributed by atoms with van der Waals surface area (Å²) >= 11 is 0. The molecule has 1 aliphatic rings. The highest BCUT2D eigenvalue weighted by atomic mass is 16.2. The Hall–Kier alpha value is -3.26. The normalized spacial score (nSPS) is 16.2. The van der Waals surface area contributed by atoms with Crippen LogP contribution in [0.15, 0.2) is 48.8 Å². The topological polar surface area (TPSA) is 117 Å². The standard InChI is InChI=1S/C21H25N5O3/c22-8-10-24-19(27)17-6-3-11-26(14-17)21(29)15-4-1-7-18(12-15)25-20(28)16-5-2-9-23-13-16/h1-2,4-5,7,9,12-13,17H,3,6,8,10-11,14,22H2,(H,24,27)(H,25,28). The van der Waals surface area contributed by atoms with Gasteiger partial charge in [0.2, 0.25) is 5.91 Å². The summed E-state index contributed by atoms with van der Waals surface area (Å²) in [5, 5.41) is 5.57. The van der Waals surface area contributed by atoms with Crippen molar-refractivity contribution in [3.05, 3.63) is 59.9 Å². The van der Waals surface area contributed by atoms with Crippen LogP contribution in [0, 0.1) is 5.92 Å². The Bertz CT molecular complexity index is 872. The van der Waals surface area contributed by atoms with Gasteiger partial charge in [-0.05, 0) is 43.2 Å². The van der Waals surface area contributed by atoms with Gasteiger partial charge in [0.25, 0.3) is 11.8 Å². The van der Waals surface area contributed by atoms with Gasteiger partial charge < -0.3 is 21.3 Å². The molecule has 2 heterocycles. The summed E-state index contributed by atoms with van der Waals surface area (Å²) in [5.41, 5.74) is 6.86. The van der Waals surface area contributed by atoms with Crippen LogP contribution in [0.4, 0.5) is 5.69 Å². The van der Waals surface area contributed by atoms with Gasteiger partial charge in [-0.2, -0.15) is 0 Å². The van der Waals surface area contributed by atoms with Gasteiger partial charge in [0.05, 0.1) is 11.5 Å². The Kier molecular flexibility index (Phi) is 6.91. The lowest BCUT2D eigenvalue weighted by Crippen LogP contribution is -2.46. The van der Waals surface area contributed by atoms with Crippen LogP contribution in [0.25, 0.3) is 0 Å². The van der Waals surface area contributed by atoms with Crippen LogP contribution < -0.4 is 16.4 Å². The summed E-state index contributed by atoms with van der Waals surface area (Å²) in [7, 11) is 0. The number of carbonyl (C=O) groups is 3. The number of piperidine rings is 1. The Morgan fingerprint density at radius 2 is 2.00 bits per heavy atom. The molecule has 8 nitrogen and oxygen atoms in total. The van der Waals surface area contributed by atoms with Gasteiger partial charge in [-0.3, -0.25) is 19.4 Å². The summed E-state index contributed by atoms with van der Waals surface area (Å²) in [6.07, 6.45) is 4.59. The molecule has 1 fully saturated rings. The maximum Gasteiger partial charge on any atom is 0.257 e. The molecular formula is C21H25N5O3. The van der Waals surface area contributed by atoms with Gasteiger partial charge in [-0.1, -0.05) is 6.07 Å². The van der Waals surface area contributed by atoms with Crippen molar-refractivity contribution < 1.29 is 14.4 Å². The third-order valence-corrected chi connectivity index (χ3v) is 4.81. The Morgan fingerprint density at radius 3 is 2.76 bits per heavy atom. The molecule has 1 aromatic carbocycles. The molecule has 1 aliphatic heterocycles. The quantitative estimate of drug-likeness (QED) is 0.681. The third-order valence-electron chi connectivity index (χ3n) is 4.81. The lowest BCUT2D eigenvalue weighted by molar-refractivity contribution is -0.126. The lowest BCUT2D eigenvalue weighted by Gasteiger charge is -2.32. The highest BCUT2D eigenvalue weighted by molar-refractivity contribution is 6.05. The second-order valence-electron chi connectivity index (χ2n) is 6.95. The van der Waals surface area contributed by atoms with E-state index >= 15 is 0 Å². The fourth-order valence-corrected chi connectivity index (χ4v) is 3.33. The number of hydrogen-bond donors (Lipinski definition) is 3. The van der Waals surface area contributed by atoms with Crippen LogP contribution in [0.1, 0.15) is 33.6 Å². The first kappa shape index (κ1) is 20.5. The van der Waals surface area contributed by atoms with Crippen molar-refractivity contribution in [1.29, 1.82) is 0 Å². The number of nitrogens with zero attached hydrogens (tertiary/aromatic N) is 2. The largest absolute Gasteiger partial charge is 0.355 e. The number of hydrogen-bond acceptors (Lipinski definition) is 5. The zero-order chi connectivity index (χ0) is 20.6. The summed E-state index contributed by atoms with van der Waals surface area (Å²) in [6.45, 7) is 1.80. The van der Waals surface area contributed by atoms with E-state index in [9.17, 15) is 14.4 Å². The van der Waals surface area contributed by atoms with Crippen molar-refractivity contribution in [3.8, 4) is 0 Å². The first-order chi connectivity index (χ1) is 14.1. The predicted molar refractivity (Wildman–Crippen MR) is 109 cm³/mol. The number of nitrogens with one attached hydrogen (secondary N) is 2. The van der Waals surface area contributed by atoms with E-state index in [0.29, 0.717) is 43.0 Å². The van der Waals surface area contributed by atoms with Crippen LogP contribution in [-0.4, -0.2) is 53.8 Å². The van der Waals surface area contributed by atoms with Crippen molar-refractivity contribution in [1.82, 2.24) is 15.2 Å². The Morgan fingerprint density at radius 1 is 1.17 bits per heavy atom. The van der Waals surface area contributed by atoms with E-state index in [1.54, 1.807) is 47.5 Å². The van der Waals surface area contributed by atoms with Crippen LogP contribution in [0.5, 0.6) is 0 Å². The maximum atomic E-state index is 12.9. The van der Waals surface area contributed by atoms with Crippen molar-refractivity contribution in [3.63, 3.8) is 0 Å². The molecule has 0 bridgehead atoms. The van der Waals surface area contributed by atoms with Gasteiger partial charge in [0, 0.05) is 49.8 Å². The number of anilines is 1. The number of aromatic nitrogens is 1. The molecule has 1 aromatic heterocycles. The SMILES string of the molecule is NCCNC(=O)C1CCCN(C(=O)c2cccc(NC(=O)c3cccnc3)c2)C1. The van der Waals surface area contributed by atoms with Gasteiger partial charge >= 0.3 is 0 Å². The molecule has 0 aliphatic carbocycles. The number of nitrogens with two attached hydrogens (primary N) is 1. The highest BCUT2D eigenvalue weighted by Gasteiger charge is 2.28. The maximum absolute atomic E-state index is 12.9. The average molecular weight is 395 g/mol. The van der Waals surface area contributed by atoms with Crippen molar-refractivity contribution >= 4 is 23.4 Å². The Labute approximate surface area is 169 Å². The smallest absolute Gasteiger partial charge is 0.257 e. The number of carbonyl (C=O) groups excluding carboxylic acids is 3. The predicted octanol–water partition coefficient (Wildman–Crippen LogP) is 1.26. The number of pyridine rings is 1. The highest BCUT2D eigenvalue weighted by Crippen LogP contribution is 2.20. The second kappa shape index (κ2) is 9.79. The molecule has 1 unspecified atom stereocenters. The van der Waals surface area contributed by atoms with Crippen LogP contribution >= 0.6 is 0 Å². The van der Waals surface area contributed by atoms with E-state index in [1.165, 1.54) is 6.20 Å². The molecule has 0 spiro atoms. The summed E-state index contributed by atoms with van der Waals surface area (Å²) in [6, 6.07) is 10.2. The fraction of sp³-hybridized carbons (Fsp3) is 0.333. The van der Waals surface area contributed by atoms with E-state index in [0.717, 1.165) is 12.8 Å². The number of likely N-dealkylation sites (tertiary alicyclic amines) is 1. The third kappa shape index (κ3) is 5.39. The van der Waals surface area contributed by atoms with E-state index in [-0.39, 0.29) is 23.6 Å². The lowest BCUT2D eigenvalue weighted by atomic mass is 9.96. The molecule has 3 amide bonds. The molecule has 152 valence electrons. The first-order valence-corrected chi connectivity index (χ1v) is 9.67. The number of benzene rings is 1. The minimum atomic E-state index is -0.294. The molecular weight excluding hydrogens is 370 g/mol. The van der Waals surface area contributed by atoms with Crippen molar-refractivity contribution in [2.75, 3.05) is 31.5 Å². The minimum Gasteiger partial charge on any atom is -0.355 e. The molecule has 8 heteroatoms. The van der Waals surface area contributed by atoms with Crippen LogP contribution in [-0.2, 0) is 4.79 Å². The number of rotatable bonds is 6. The average Bonchev–Trinajstić information content (AvgIpc) is 2.77. The van der Waals surface area contributed by atoms with E-state index in [1.807, 2.05) is 0 Å². The summed E-state index contributed by atoms with van der Waals surface area (Å²) in [4.78, 5) is 43.1. The van der Waals surface area contributed by atoms with Gasteiger partial charge in [-0.25, -0.2) is 0 Å². The van der Waals surface area contributed by atoms with Crippen molar-refractivity contribution in [2.45, 2.75) is 12.8 Å². The molecule has 1 saturated heterocycles. The second-order valence-corrected chi connectivity index (χ2v) is 6.95. The Balaban J connectivity index is 1.65. The molecule has 1 atom stereocenters. The van der Waals surface area contributed by atoms with E-state index in [4.69, 9.17) is 5.73 Å². The zero-order valence-electron chi connectivity index (χ0n) is 16.1. The van der Waals surface area contributed by atoms with Gasteiger partial charge in [0.15, 0.2) is 0 Å². The monoisotopic (exact) mass is 395 g/mol. The van der Waals surface area contributed by atoms with Gasteiger partial charge in [-0.15, -0.1) is 0 Å². The van der Waals surface area contributed by atoms with Crippen LogP contribution in [0.2, 0.25) is 0 Å². The molecule has 3 rings (SSSR count). The minimum absolute atomic E-state index is 0.0644. The summed E-state index contributed by atoms with van der Waals surface area (Å²) < 4.78 is 0. The molecule has 4 N–H and O–H groups in total. The molecule has 0 saturated carbocycles. The molecule has 29 heavy (non-hydrogen) atoms. The van der Waals surface area contributed by atoms with E-state index in [2.05, 4.69) is 15.6 Å². The molecule has 2 aromatic rings. The zero-order valence-corrected chi connectivity index (χ0v) is 16.1. The van der Waals surface area contributed by atoms with Crippen LogP contribution in [0.3, 0.4) is 0 Å². The van der Waals surface area contributed by atoms with E-state index < -0.39 is 0 Å². The molecule has 0 radical (unpaired) electrons. The van der Waals surface area contributed by atoms with Crippen molar-refractivity contribution in [2.24, 2.45) is 11.7 Å². The fourth-order valence-electron chi connectivity index (χ4n) is 3.33.